The smallest absolute Gasteiger partial charge is 0.272 e. The van der Waals surface area contributed by atoms with E-state index in [9.17, 15) is 14.5 Å². The maximum atomic E-state index is 12.9. The second-order valence-corrected chi connectivity index (χ2v) is 5.63. The van der Waals surface area contributed by atoms with Gasteiger partial charge in [0.15, 0.2) is 0 Å². The molecule has 0 bridgehead atoms. The number of nitrogens with two attached hydrogens (primary N) is 1. The summed E-state index contributed by atoms with van der Waals surface area (Å²) < 4.78 is 12.9. The third-order valence-electron chi connectivity index (χ3n) is 4.23. The summed E-state index contributed by atoms with van der Waals surface area (Å²) in [5.41, 5.74) is 8.21. The number of nitrogens with zero attached hydrogens (tertiary/aromatic N) is 3. The summed E-state index contributed by atoms with van der Waals surface area (Å²) >= 11 is 0. The lowest BCUT2D eigenvalue weighted by atomic mass is 9.94. The Labute approximate surface area is 132 Å². The molecule has 0 radical (unpaired) electrons. The van der Waals surface area contributed by atoms with Crippen molar-refractivity contribution in [3.63, 3.8) is 0 Å². The van der Waals surface area contributed by atoms with Crippen molar-refractivity contribution in [1.82, 2.24) is 4.98 Å². The van der Waals surface area contributed by atoms with Crippen molar-refractivity contribution in [2.45, 2.75) is 18.9 Å². The second kappa shape index (κ2) is 6.29. The van der Waals surface area contributed by atoms with Gasteiger partial charge in [0.05, 0.1) is 16.8 Å². The van der Waals surface area contributed by atoms with Crippen LogP contribution in [0.1, 0.15) is 23.5 Å². The molecule has 0 amide bonds. The van der Waals surface area contributed by atoms with Gasteiger partial charge in [-0.1, -0.05) is 6.07 Å². The summed E-state index contributed by atoms with van der Waals surface area (Å²) in [5, 5.41) is 11.3. The molecule has 3 rings (SSSR count). The summed E-state index contributed by atoms with van der Waals surface area (Å²) in [7, 11) is 0. The van der Waals surface area contributed by atoms with Crippen LogP contribution in [0.3, 0.4) is 0 Å². The van der Waals surface area contributed by atoms with Crippen molar-refractivity contribution in [3.8, 4) is 0 Å². The minimum absolute atomic E-state index is 0.0481. The Kier molecular flexibility index (Phi) is 4.20. The van der Waals surface area contributed by atoms with Gasteiger partial charge < -0.3 is 10.6 Å². The lowest BCUT2D eigenvalue weighted by Crippen LogP contribution is -2.19. The molecule has 1 fully saturated rings. The fourth-order valence-corrected chi connectivity index (χ4v) is 3.03. The Hall–Kier alpha value is -2.54. The number of benzene rings is 1. The van der Waals surface area contributed by atoms with E-state index in [2.05, 4.69) is 9.88 Å². The first kappa shape index (κ1) is 15.4. The van der Waals surface area contributed by atoms with Gasteiger partial charge in [0, 0.05) is 37.2 Å². The maximum absolute atomic E-state index is 12.9. The van der Waals surface area contributed by atoms with E-state index in [1.54, 1.807) is 12.1 Å². The third kappa shape index (κ3) is 3.14. The fourth-order valence-electron chi connectivity index (χ4n) is 3.03. The predicted molar refractivity (Wildman–Crippen MR) is 84.8 cm³/mol. The minimum Gasteiger partial charge on any atom is -0.370 e. The quantitative estimate of drug-likeness (QED) is 0.532. The highest BCUT2D eigenvalue weighted by Gasteiger charge is 2.29. The standard InChI is InChI=1S/C16H17FN4O2/c17-16-4-2-13(9-19-16)20-6-5-12(10-20)14-7-11(8-18)1-3-15(14)21(22)23/h1-4,7,9,12H,5-6,8,10,18H2. The predicted octanol–water partition coefficient (Wildman–Crippen LogP) is 2.58. The molecule has 1 aliphatic rings. The number of nitro groups is 1. The number of halogens is 1. The van der Waals surface area contributed by atoms with Crippen LogP contribution in [0, 0.1) is 16.1 Å². The van der Waals surface area contributed by atoms with E-state index in [0.29, 0.717) is 13.1 Å². The van der Waals surface area contributed by atoms with Crippen molar-refractivity contribution >= 4 is 11.4 Å². The lowest BCUT2D eigenvalue weighted by Gasteiger charge is -2.18. The molecule has 2 aromatic rings. The first-order chi connectivity index (χ1) is 11.1. The van der Waals surface area contributed by atoms with Crippen molar-refractivity contribution in [1.29, 1.82) is 0 Å². The number of nitro benzene ring substituents is 1. The summed E-state index contributed by atoms with van der Waals surface area (Å²) in [5.74, 6) is -0.470. The Morgan fingerprint density at radius 1 is 1.39 bits per heavy atom. The molecule has 7 heteroatoms. The molecule has 0 saturated carbocycles. The zero-order chi connectivity index (χ0) is 16.4. The summed E-state index contributed by atoms with van der Waals surface area (Å²) in [6.07, 6.45) is 2.29. The van der Waals surface area contributed by atoms with Crippen LogP contribution >= 0.6 is 0 Å². The molecule has 2 N–H and O–H groups in total. The van der Waals surface area contributed by atoms with Gasteiger partial charge in [-0.3, -0.25) is 10.1 Å². The topological polar surface area (TPSA) is 85.3 Å². The molecule has 1 unspecified atom stereocenters. The molecule has 23 heavy (non-hydrogen) atoms. The number of pyridine rings is 1. The highest BCUT2D eigenvalue weighted by Crippen LogP contribution is 2.35. The molecule has 1 saturated heterocycles. The molecule has 1 atom stereocenters. The van der Waals surface area contributed by atoms with Gasteiger partial charge in [0.1, 0.15) is 0 Å². The van der Waals surface area contributed by atoms with Crippen molar-refractivity contribution in [3.05, 3.63) is 63.7 Å². The van der Waals surface area contributed by atoms with Crippen LogP contribution in [0.25, 0.3) is 0 Å². The monoisotopic (exact) mass is 316 g/mol. The normalized spacial score (nSPS) is 17.5. The first-order valence-electron chi connectivity index (χ1n) is 7.42. The first-order valence-corrected chi connectivity index (χ1v) is 7.42. The van der Waals surface area contributed by atoms with Gasteiger partial charge in [-0.15, -0.1) is 0 Å². The Morgan fingerprint density at radius 2 is 2.22 bits per heavy atom. The molecule has 1 aromatic heterocycles. The van der Waals surface area contributed by atoms with Crippen LogP contribution in [0.5, 0.6) is 0 Å². The lowest BCUT2D eigenvalue weighted by molar-refractivity contribution is -0.385. The summed E-state index contributed by atoms with van der Waals surface area (Å²) in [6.45, 7) is 1.74. The molecule has 0 aliphatic carbocycles. The van der Waals surface area contributed by atoms with E-state index >= 15 is 0 Å². The SMILES string of the molecule is NCc1ccc([N+](=O)[O-])c(C2CCN(c3ccc(F)nc3)C2)c1. The minimum atomic E-state index is -0.518. The molecule has 0 spiro atoms. The molecule has 1 aliphatic heterocycles. The van der Waals surface area contributed by atoms with Crippen LogP contribution in [0.15, 0.2) is 36.5 Å². The molecular weight excluding hydrogens is 299 g/mol. The number of hydrogen-bond donors (Lipinski definition) is 1. The van der Waals surface area contributed by atoms with E-state index in [1.807, 2.05) is 6.07 Å². The van der Waals surface area contributed by atoms with E-state index in [0.717, 1.165) is 29.8 Å². The Bertz CT molecular complexity index is 721. The van der Waals surface area contributed by atoms with E-state index in [-0.39, 0.29) is 16.5 Å². The van der Waals surface area contributed by atoms with Gasteiger partial charge in [0.25, 0.3) is 5.69 Å². The van der Waals surface area contributed by atoms with Crippen molar-refractivity contribution < 1.29 is 9.31 Å². The number of hydrogen-bond acceptors (Lipinski definition) is 5. The molecule has 6 nitrogen and oxygen atoms in total. The number of rotatable bonds is 4. The van der Waals surface area contributed by atoms with Crippen molar-refractivity contribution in [2.24, 2.45) is 5.73 Å². The highest BCUT2D eigenvalue weighted by atomic mass is 19.1. The van der Waals surface area contributed by atoms with Crippen LogP contribution in [-0.2, 0) is 6.54 Å². The summed E-state index contributed by atoms with van der Waals surface area (Å²) in [4.78, 5) is 16.7. The van der Waals surface area contributed by atoms with Gasteiger partial charge >= 0.3 is 0 Å². The number of aromatic nitrogens is 1. The molecule has 1 aromatic carbocycles. The van der Waals surface area contributed by atoms with Gasteiger partial charge in [-0.2, -0.15) is 4.39 Å². The van der Waals surface area contributed by atoms with Gasteiger partial charge in [-0.05, 0) is 30.2 Å². The Morgan fingerprint density at radius 3 is 2.87 bits per heavy atom. The number of anilines is 1. The fraction of sp³-hybridized carbons (Fsp3) is 0.312. The average Bonchev–Trinajstić information content (AvgIpc) is 3.04. The summed E-state index contributed by atoms with van der Waals surface area (Å²) in [6, 6.07) is 8.04. The van der Waals surface area contributed by atoms with Gasteiger partial charge in [0.2, 0.25) is 5.95 Å². The zero-order valence-corrected chi connectivity index (χ0v) is 12.5. The maximum Gasteiger partial charge on any atom is 0.272 e. The van der Waals surface area contributed by atoms with E-state index in [1.165, 1.54) is 18.3 Å². The Balaban J connectivity index is 1.86. The van der Waals surface area contributed by atoms with Crippen molar-refractivity contribution in [2.75, 3.05) is 18.0 Å². The van der Waals surface area contributed by atoms with E-state index < -0.39 is 5.95 Å². The second-order valence-electron chi connectivity index (χ2n) is 5.63. The van der Waals surface area contributed by atoms with Crippen LogP contribution in [-0.4, -0.2) is 23.0 Å². The van der Waals surface area contributed by atoms with Crippen LogP contribution in [0.4, 0.5) is 15.8 Å². The zero-order valence-electron chi connectivity index (χ0n) is 12.5. The molecular formula is C16H17FN4O2. The van der Waals surface area contributed by atoms with Gasteiger partial charge in [-0.25, -0.2) is 4.98 Å². The van der Waals surface area contributed by atoms with Crippen LogP contribution in [0.2, 0.25) is 0 Å². The molecule has 2 heterocycles. The van der Waals surface area contributed by atoms with Crippen LogP contribution < -0.4 is 10.6 Å². The largest absolute Gasteiger partial charge is 0.370 e. The third-order valence-corrected chi connectivity index (χ3v) is 4.23. The molecule has 120 valence electrons. The average molecular weight is 316 g/mol. The van der Waals surface area contributed by atoms with E-state index in [4.69, 9.17) is 5.73 Å². The highest BCUT2D eigenvalue weighted by molar-refractivity contribution is 5.50.